The van der Waals surface area contributed by atoms with Gasteiger partial charge in [0.1, 0.15) is 5.75 Å². The largest absolute Gasteiger partial charge is 0.497 e. The van der Waals surface area contributed by atoms with Crippen LogP contribution in [0.1, 0.15) is 0 Å². The van der Waals surface area contributed by atoms with Gasteiger partial charge in [-0.2, -0.15) is 17.6 Å². The lowest BCUT2D eigenvalue weighted by atomic mass is 10.1. The minimum Gasteiger partial charge on any atom is -0.497 e. The number of nitrogens with zero attached hydrogens (tertiary/aromatic N) is 2. The first-order valence-electron chi connectivity index (χ1n) is 5.94. The number of ether oxygens (including phenoxy) is 1. The van der Waals surface area contributed by atoms with E-state index in [0.717, 1.165) is 20.6 Å². The van der Waals surface area contributed by atoms with E-state index in [4.69, 9.17) is 4.74 Å². The van der Waals surface area contributed by atoms with Crippen LogP contribution in [0.5, 0.6) is 5.75 Å². The van der Waals surface area contributed by atoms with Gasteiger partial charge in [-0.3, -0.25) is 0 Å². The van der Waals surface area contributed by atoms with Crippen molar-refractivity contribution in [1.82, 2.24) is 9.19 Å². The number of aromatic nitrogens is 2. The average Bonchev–Trinajstić information content (AvgIpc) is 3.01. The highest BCUT2D eigenvalue weighted by molar-refractivity contribution is 7.89. The Morgan fingerprint density at radius 1 is 1.10 bits per heavy atom. The van der Waals surface area contributed by atoms with Crippen molar-refractivity contribution in [2.45, 2.75) is 4.90 Å². The molecule has 0 aliphatic heterocycles. The van der Waals surface area contributed by atoms with E-state index in [-0.39, 0.29) is 4.90 Å². The number of rotatable bonds is 3. The first kappa shape index (κ1) is 12.7. The molecule has 0 aliphatic carbocycles. The molecule has 1 aromatic heterocycles. The van der Waals surface area contributed by atoms with Gasteiger partial charge in [-0.15, -0.1) is 0 Å². The molecule has 0 saturated carbocycles. The summed E-state index contributed by atoms with van der Waals surface area (Å²) in [7, 11) is -2.03. The molecule has 2 aromatic carbocycles. The van der Waals surface area contributed by atoms with Crippen molar-refractivity contribution < 1.29 is 13.2 Å². The summed E-state index contributed by atoms with van der Waals surface area (Å²) < 4.78 is 30.8. The number of fused-ring (bicyclic) bond motifs is 1. The number of benzene rings is 2. The molecule has 0 atom stereocenters. The maximum absolute atomic E-state index is 12.3. The van der Waals surface area contributed by atoms with Crippen LogP contribution in [0, 0.1) is 0 Å². The zero-order valence-electron chi connectivity index (χ0n) is 10.7. The summed E-state index contributed by atoms with van der Waals surface area (Å²) in [5.74, 6) is 0.736. The van der Waals surface area contributed by atoms with Crippen LogP contribution in [0.15, 0.2) is 59.8 Å². The van der Waals surface area contributed by atoms with E-state index in [1.807, 2.05) is 12.1 Å². The van der Waals surface area contributed by atoms with Crippen LogP contribution in [-0.4, -0.2) is 24.7 Å². The van der Waals surface area contributed by atoms with Gasteiger partial charge in [0.2, 0.25) is 0 Å². The van der Waals surface area contributed by atoms with Gasteiger partial charge in [-0.1, -0.05) is 12.1 Å². The second kappa shape index (κ2) is 4.64. The molecular formula is C14H12N2O3S. The van der Waals surface area contributed by atoms with Crippen molar-refractivity contribution >= 4 is 20.8 Å². The second-order valence-electron chi connectivity index (χ2n) is 4.26. The summed E-state index contributed by atoms with van der Waals surface area (Å²) in [6.07, 6.45) is 2.84. The van der Waals surface area contributed by atoms with E-state index in [9.17, 15) is 8.42 Å². The molecule has 0 N–H and O–H groups in total. The molecule has 0 fully saturated rings. The minimum absolute atomic E-state index is 0.207. The molecule has 0 bridgehead atoms. The van der Waals surface area contributed by atoms with E-state index < -0.39 is 10.0 Å². The van der Waals surface area contributed by atoms with Gasteiger partial charge in [0.15, 0.2) is 0 Å². The van der Waals surface area contributed by atoms with Gasteiger partial charge in [-0.05, 0) is 41.1 Å². The van der Waals surface area contributed by atoms with Gasteiger partial charge >= 0.3 is 0 Å². The average molecular weight is 288 g/mol. The third-order valence-corrected chi connectivity index (χ3v) is 4.60. The van der Waals surface area contributed by atoms with E-state index in [1.54, 1.807) is 37.4 Å². The molecule has 1 heterocycles. The fourth-order valence-electron chi connectivity index (χ4n) is 1.99. The van der Waals surface area contributed by atoms with Crippen LogP contribution in [0.25, 0.3) is 10.8 Å². The van der Waals surface area contributed by atoms with Gasteiger partial charge in [0, 0.05) is 6.20 Å². The molecular weight excluding hydrogens is 276 g/mol. The SMILES string of the molecule is COc1ccc2cc(S(=O)(=O)n3cccn3)ccc2c1. The Bertz CT molecular complexity index is 855. The van der Waals surface area contributed by atoms with Crippen LogP contribution in [0.3, 0.4) is 0 Å². The van der Waals surface area contributed by atoms with Crippen molar-refractivity contribution in [2.75, 3.05) is 7.11 Å². The molecule has 20 heavy (non-hydrogen) atoms. The monoisotopic (exact) mass is 288 g/mol. The third-order valence-electron chi connectivity index (χ3n) is 3.04. The molecule has 5 nitrogen and oxygen atoms in total. The fourth-order valence-corrected chi connectivity index (χ4v) is 3.14. The standard InChI is InChI=1S/C14H12N2O3S/c1-19-13-5-3-12-10-14(6-4-11(12)9-13)20(17,18)16-8-2-7-15-16/h2-10H,1H3. The molecule has 0 radical (unpaired) electrons. The Morgan fingerprint density at radius 2 is 1.85 bits per heavy atom. The zero-order valence-corrected chi connectivity index (χ0v) is 11.5. The van der Waals surface area contributed by atoms with Crippen molar-refractivity contribution in [1.29, 1.82) is 0 Å². The molecule has 3 aromatic rings. The molecule has 3 rings (SSSR count). The highest BCUT2D eigenvalue weighted by Gasteiger charge is 2.17. The zero-order chi connectivity index (χ0) is 14.2. The van der Waals surface area contributed by atoms with Gasteiger partial charge in [0.25, 0.3) is 10.0 Å². The van der Waals surface area contributed by atoms with Crippen LogP contribution >= 0.6 is 0 Å². The number of methoxy groups -OCH3 is 1. The van der Waals surface area contributed by atoms with Crippen LogP contribution in [0.4, 0.5) is 0 Å². The van der Waals surface area contributed by atoms with E-state index in [0.29, 0.717) is 0 Å². The number of hydrogen-bond donors (Lipinski definition) is 0. The van der Waals surface area contributed by atoms with E-state index >= 15 is 0 Å². The Morgan fingerprint density at radius 3 is 2.55 bits per heavy atom. The van der Waals surface area contributed by atoms with Crippen molar-refractivity contribution in [3.63, 3.8) is 0 Å². The quantitative estimate of drug-likeness (QED) is 0.742. The predicted molar refractivity (Wildman–Crippen MR) is 75.3 cm³/mol. The molecule has 0 saturated heterocycles. The lowest BCUT2D eigenvalue weighted by Gasteiger charge is -2.07. The Kier molecular flexibility index (Phi) is 2.94. The molecule has 0 spiro atoms. The van der Waals surface area contributed by atoms with Gasteiger partial charge in [-0.25, -0.2) is 0 Å². The topological polar surface area (TPSA) is 61.2 Å². The molecule has 102 valence electrons. The Balaban J connectivity index is 2.14. The Labute approximate surface area is 116 Å². The predicted octanol–water partition coefficient (Wildman–Crippen LogP) is 2.28. The van der Waals surface area contributed by atoms with Crippen LogP contribution in [-0.2, 0) is 10.0 Å². The third kappa shape index (κ3) is 2.04. The van der Waals surface area contributed by atoms with Crippen LogP contribution < -0.4 is 4.74 Å². The summed E-state index contributed by atoms with van der Waals surface area (Å²) in [5, 5.41) is 5.53. The summed E-state index contributed by atoms with van der Waals surface area (Å²) in [6, 6.07) is 12.0. The van der Waals surface area contributed by atoms with Gasteiger partial charge in [0.05, 0.1) is 18.2 Å². The smallest absolute Gasteiger partial charge is 0.282 e. The first-order valence-corrected chi connectivity index (χ1v) is 7.38. The van der Waals surface area contributed by atoms with Crippen LogP contribution in [0.2, 0.25) is 0 Å². The summed E-state index contributed by atoms with van der Waals surface area (Å²) >= 11 is 0. The van der Waals surface area contributed by atoms with E-state index in [1.165, 1.54) is 12.4 Å². The van der Waals surface area contributed by atoms with Crippen molar-refractivity contribution in [2.24, 2.45) is 0 Å². The number of hydrogen-bond acceptors (Lipinski definition) is 4. The summed E-state index contributed by atoms with van der Waals surface area (Å²) in [6.45, 7) is 0. The van der Waals surface area contributed by atoms with E-state index in [2.05, 4.69) is 5.10 Å². The van der Waals surface area contributed by atoms with Crippen molar-refractivity contribution in [3.05, 3.63) is 54.9 Å². The highest BCUT2D eigenvalue weighted by Crippen LogP contribution is 2.24. The second-order valence-corrected chi connectivity index (χ2v) is 6.05. The first-order chi connectivity index (χ1) is 9.61. The summed E-state index contributed by atoms with van der Waals surface area (Å²) in [5.41, 5.74) is 0. The molecule has 0 unspecified atom stereocenters. The molecule has 6 heteroatoms. The summed E-state index contributed by atoms with van der Waals surface area (Å²) in [4.78, 5) is 0.207. The van der Waals surface area contributed by atoms with Gasteiger partial charge < -0.3 is 4.74 Å². The minimum atomic E-state index is -3.63. The highest BCUT2D eigenvalue weighted by atomic mass is 32.2. The van der Waals surface area contributed by atoms with Crippen molar-refractivity contribution in [3.8, 4) is 5.75 Å². The lowest BCUT2D eigenvalue weighted by molar-refractivity contribution is 0.415. The maximum atomic E-state index is 12.3. The molecule has 0 aliphatic rings. The molecule has 0 amide bonds. The Hall–Kier alpha value is -2.34. The maximum Gasteiger partial charge on any atom is 0.282 e. The normalized spacial score (nSPS) is 11.7. The lowest BCUT2D eigenvalue weighted by Crippen LogP contribution is -2.13. The fraction of sp³-hybridized carbons (Fsp3) is 0.0714.